The van der Waals surface area contributed by atoms with Crippen molar-refractivity contribution >= 4 is 5.69 Å². The number of nitrogens with two attached hydrogens (primary N) is 1. The summed E-state index contributed by atoms with van der Waals surface area (Å²) in [6.07, 6.45) is -4.53. The minimum Gasteiger partial charge on any atom is -0.399 e. The van der Waals surface area contributed by atoms with Crippen LogP contribution < -0.4 is 5.73 Å². The highest BCUT2D eigenvalue weighted by Gasteiger charge is 2.44. The van der Waals surface area contributed by atoms with Crippen LogP contribution in [0.1, 0.15) is 11.1 Å². The van der Waals surface area contributed by atoms with Crippen molar-refractivity contribution < 1.29 is 22.0 Å². The molecule has 0 spiro atoms. The number of hydrogen-bond acceptors (Lipinski definition) is 2. The number of anilines is 1. The van der Waals surface area contributed by atoms with Gasteiger partial charge in [0.05, 0.1) is 18.7 Å². The van der Waals surface area contributed by atoms with Crippen molar-refractivity contribution in [2.24, 2.45) is 0 Å². The Morgan fingerprint density at radius 1 is 1.22 bits per heavy atom. The Morgan fingerprint density at radius 3 is 2.33 bits per heavy atom. The average molecular weight is 266 g/mol. The summed E-state index contributed by atoms with van der Waals surface area (Å²) in [5, 5.41) is 0. The molecule has 1 aliphatic heterocycles. The van der Waals surface area contributed by atoms with Crippen LogP contribution in [0.4, 0.5) is 27.6 Å². The summed E-state index contributed by atoms with van der Waals surface area (Å²) in [5.41, 5.74) is 4.41. The van der Waals surface area contributed by atoms with Gasteiger partial charge in [-0.2, -0.15) is 13.2 Å². The molecule has 0 amide bonds. The van der Waals surface area contributed by atoms with Gasteiger partial charge < -0.3 is 5.73 Å². The molecule has 7 heteroatoms. The molecule has 0 radical (unpaired) electrons. The van der Waals surface area contributed by atoms with Crippen molar-refractivity contribution in [2.45, 2.75) is 18.6 Å². The summed E-state index contributed by atoms with van der Waals surface area (Å²) in [6, 6.07) is 3.39. The van der Waals surface area contributed by atoms with Gasteiger partial charge in [-0.1, -0.05) is 6.07 Å². The van der Waals surface area contributed by atoms with Crippen LogP contribution in [-0.2, 0) is 12.7 Å². The van der Waals surface area contributed by atoms with Gasteiger partial charge in [0, 0.05) is 12.2 Å². The van der Waals surface area contributed by atoms with Gasteiger partial charge in [-0.05, 0) is 17.7 Å². The van der Waals surface area contributed by atoms with Gasteiger partial charge >= 0.3 is 6.18 Å². The Balaban J connectivity index is 2.18. The molecule has 0 aromatic heterocycles. The van der Waals surface area contributed by atoms with Crippen LogP contribution in [0.2, 0.25) is 0 Å². The smallest absolute Gasteiger partial charge is 0.399 e. The molecule has 1 saturated heterocycles. The van der Waals surface area contributed by atoms with Crippen LogP contribution in [0.3, 0.4) is 0 Å². The number of nitrogens with zero attached hydrogens (tertiary/aromatic N) is 1. The lowest BCUT2D eigenvalue weighted by molar-refractivity contribution is -0.143. The van der Waals surface area contributed by atoms with Gasteiger partial charge in [-0.25, -0.2) is 8.78 Å². The van der Waals surface area contributed by atoms with E-state index in [0.29, 0.717) is 0 Å². The van der Waals surface area contributed by atoms with Crippen molar-refractivity contribution in [1.29, 1.82) is 0 Å². The Labute approximate surface area is 100 Å². The van der Waals surface area contributed by atoms with Crippen LogP contribution in [0.25, 0.3) is 0 Å². The summed E-state index contributed by atoms with van der Waals surface area (Å²) in [5.74, 6) is -2.79. The number of alkyl halides is 5. The second-order valence-electron chi connectivity index (χ2n) is 4.42. The van der Waals surface area contributed by atoms with Crippen molar-refractivity contribution in [3.63, 3.8) is 0 Å². The zero-order valence-corrected chi connectivity index (χ0v) is 9.27. The van der Waals surface area contributed by atoms with Crippen LogP contribution in [0.5, 0.6) is 0 Å². The van der Waals surface area contributed by atoms with Crippen LogP contribution in [-0.4, -0.2) is 23.9 Å². The standard InChI is InChI=1S/C11H11F5N2/c12-10(13)5-18(6-10)4-7-1-2-8(17)3-9(7)11(14,15)16/h1-3H,4-6,17H2. The van der Waals surface area contributed by atoms with E-state index in [9.17, 15) is 22.0 Å². The molecular formula is C11H11F5N2. The maximum atomic E-state index is 12.7. The molecule has 100 valence electrons. The van der Waals surface area contributed by atoms with E-state index < -0.39 is 30.8 Å². The Bertz CT molecular complexity index is 447. The molecule has 18 heavy (non-hydrogen) atoms. The van der Waals surface area contributed by atoms with E-state index in [1.807, 2.05) is 0 Å². The minimum atomic E-state index is -4.53. The summed E-state index contributed by atoms with van der Waals surface area (Å²) >= 11 is 0. The predicted molar refractivity (Wildman–Crippen MR) is 56.1 cm³/mol. The zero-order valence-electron chi connectivity index (χ0n) is 9.27. The van der Waals surface area contributed by atoms with E-state index in [-0.39, 0.29) is 17.8 Å². The molecule has 2 nitrogen and oxygen atoms in total. The number of nitrogen functional groups attached to an aromatic ring is 1. The Kier molecular flexibility index (Phi) is 2.96. The van der Waals surface area contributed by atoms with Crippen molar-refractivity contribution in [2.75, 3.05) is 18.8 Å². The first-order valence-electron chi connectivity index (χ1n) is 5.23. The fourth-order valence-corrected chi connectivity index (χ4v) is 1.96. The van der Waals surface area contributed by atoms with E-state index >= 15 is 0 Å². The zero-order chi connectivity index (χ0) is 13.6. The van der Waals surface area contributed by atoms with Crippen LogP contribution in [0.15, 0.2) is 18.2 Å². The highest BCUT2D eigenvalue weighted by Crippen LogP contribution is 2.35. The quantitative estimate of drug-likeness (QED) is 0.658. The van der Waals surface area contributed by atoms with Crippen LogP contribution >= 0.6 is 0 Å². The van der Waals surface area contributed by atoms with E-state index in [4.69, 9.17) is 5.73 Å². The monoisotopic (exact) mass is 266 g/mol. The number of likely N-dealkylation sites (tertiary alicyclic amines) is 1. The van der Waals surface area contributed by atoms with Gasteiger partial charge in [0.25, 0.3) is 5.92 Å². The molecule has 1 heterocycles. The number of benzene rings is 1. The maximum Gasteiger partial charge on any atom is 0.416 e. The topological polar surface area (TPSA) is 29.3 Å². The summed E-state index contributed by atoms with van der Waals surface area (Å²) in [6.45, 7) is -1.16. The molecule has 0 atom stereocenters. The normalized spacial score (nSPS) is 19.6. The highest BCUT2D eigenvalue weighted by atomic mass is 19.4. The first-order chi connectivity index (χ1) is 8.17. The van der Waals surface area contributed by atoms with Gasteiger partial charge in [-0.3, -0.25) is 4.90 Å². The van der Waals surface area contributed by atoms with Crippen molar-refractivity contribution in [3.05, 3.63) is 29.3 Å². The summed E-state index contributed by atoms with van der Waals surface area (Å²) in [7, 11) is 0. The summed E-state index contributed by atoms with van der Waals surface area (Å²) < 4.78 is 63.4. The first kappa shape index (κ1) is 13.1. The molecule has 1 aromatic rings. The SMILES string of the molecule is Nc1ccc(CN2CC(F)(F)C2)c(C(F)(F)F)c1. The van der Waals surface area contributed by atoms with Crippen molar-refractivity contribution in [1.82, 2.24) is 4.90 Å². The van der Waals surface area contributed by atoms with E-state index in [1.165, 1.54) is 17.0 Å². The molecule has 1 fully saturated rings. The number of rotatable bonds is 2. The van der Waals surface area contributed by atoms with Gasteiger partial charge in [0.1, 0.15) is 0 Å². The third-order valence-corrected chi connectivity index (χ3v) is 2.74. The molecule has 2 N–H and O–H groups in total. The number of halogens is 5. The summed E-state index contributed by atoms with van der Waals surface area (Å²) in [4.78, 5) is 1.26. The molecule has 1 aliphatic rings. The van der Waals surface area contributed by atoms with Crippen molar-refractivity contribution in [3.8, 4) is 0 Å². The minimum absolute atomic E-state index is 0.0000132. The lowest BCUT2D eigenvalue weighted by atomic mass is 10.0. The molecule has 2 rings (SSSR count). The maximum absolute atomic E-state index is 12.7. The molecule has 0 unspecified atom stereocenters. The molecular weight excluding hydrogens is 255 g/mol. The third-order valence-electron chi connectivity index (χ3n) is 2.74. The van der Waals surface area contributed by atoms with E-state index in [0.717, 1.165) is 6.07 Å². The molecule has 1 aromatic carbocycles. The lowest BCUT2D eigenvalue weighted by Crippen LogP contribution is -2.55. The number of hydrogen-bond donors (Lipinski definition) is 1. The first-order valence-corrected chi connectivity index (χ1v) is 5.23. The lowest BCUT2D eigenvalue weighted by Gasteiger charge is -2.39. The average Bonchev–Trinajstić information content (AvgIpc) is 2.16. The third kappa shape index (κ3) is 2.72. The molecule has 0 bridgehead atoms. The largest absolute Gasteiger partial charge is 0.416 e. The second-order valence-corrected chi connectivity index (χ2v) is 4.42. The van der Waals surface area contributed by atoms with Gasteiger partial charge in [0.15, 0.2) is 0 Å². The Morgan fingerprint density at radius 2 is 1.83 bits per heavy atom. The fraction of sp³-hybridized carbons (Fsp3) is 0.455. The molecule has 0 aliphatic carbocycles. The van der Waals surface area contributed by atoms with Crippen LogP contribution in [0, 0.1) is 0 Å². The fourth-order valence-electron chi connectivity index (χ4n) is 1.96. The second kappa shape index (κ2) is 4.08. The van der Waals surface area contributed by atoms with E-state index in [1.54, 1.807) is 0 Å². The van der Waals surface area contributed by atoms with E-state index in [2.05, 4.69) is 0 Å². The molecule has 0 saturated carbocycles. The van der Waals surface area contributed by atoms with Gasteiger partial charge in [0.2, 0.25) is 0 Å². The Hall–Kier alpha value is -1.37. The highest BCUT2D eigenvalue weighted by molar-refractivity contribution is 5.46. The van der Waals surface area contributed by atoms with Gasteiger partial charge in [-0.15, -0.1) is 0 Å². The predicted octanol–water partition coefficient (Wildman–Crippen LogP) is 2.74.